The number of rotatable bonds is 8. The minimum atomic E-state index is 0.290. The molecule has 2 N–H and O–H groups in total. The van der Waals surface area contributed by atoms with Crippen LogP contribution in [0, 0.1) is 6.92 Å². The molecule has 152 valence electrons. The third kappa shape index (κ3) is 6.45. The van der Waals surface area contributed by atoms with Crippen LogP contribution in [0.4, 0.5) is 0 Å². The van der Waals surface area contributed by atoms with Crippen LogP contribution in [-0.2, 0) is 26.6 Å². The minimum Gasteiger partial charge on any atom is -0.354 e. The lowest BCUT2D eigenvalue weighted by molar-refractivity contribution is 0.588. The molecule has 0 saturated carbocycles. The molecule has 0 bridgehead atoms. The Morgan fingerprint density at radius 3 is 2.28 bits per heavy atom. The van der Waals surface area contributed by atoms with Gasteiger partial charge in [0.05, 0.1) is 13.1 Å². The summed E-state index contributed by atoms with van der Waals surface area (Å²) in [7, 11) is 1.98. The molecule has 0 saturated heterocycles. The summed E-state index contributed by atoms with van der Waals surface area (Å²) < 4.78 is 1.99. The van der Waals surface area contributed by atoms with Crippen LogP contribution < -0.4 is 10.6 Å². The maximum Gasteiger partial charge on any atom is 0.192 e. The van der Waals surface area contributed by atoms with E-state index in [4.69, 9.17) is 4.99 Å². The van der Waals surface area contributed by atoms with Crippen molar-refractivity contribution in [2.75, 3.05) is 0 Å². The first-order valence-corrected chi connectivity index (χ1v) is 10.1. The van der Waals surface area contributed by atoms with Crippen molar-refractivity contribution in [3.8, 4) is 0 Å². The van der Waals surface area contributed by atoms with Crippen molar-refractivity contribution < 1.29 is 0 Å². The van der Waals surface area contributed by atoms with Gasteiger partial charge in [0.1, 0.15) is 5.82 Å². The summed E-state index contributed by atoms with van der Waals surface area (Å²) in [5.41, 5.74) is 2.53. The Hall–Kier alpha value is -3.15. The van der Waals surface area contributed by atoms with Gasteiger partial charge in [-0.25, -0.2) is 4.99 Å². The molecule has 1 heterocycles. The number of nitrogens with one attached hydrogen (secondary N) is 2. The van der Waals surface area contributed by atoms with Gasteiger partial charge >= 0.3 is 0 Å². The van der Waals surface area contributed by atoms with Gasteiger partial charge in [-0.3, -0.25) is 0 Å². The molecule has 0 aliphatic heterocycles. The second-order valence-corrected chi connectivity index (χ2v) is 7.30. The third-order valence-corrected chi connectivity index (χ3v) is 4.95. The lowest BCUT2D eigenvalue weighted by Crippen LogP contribution is -2.42. The molecule has 6 nitrogen and oxygen atoms in total. The number of aromatic nitrogens is 3. The molecule has 6 heteroatoms. The molecule has 0 fully saturated rings. The van der Waals surface area contributed by atoms with E-state index in [0.29, 0.717) is 19.1 Å². The smallest absolute Gasteiger partial charge is 0.192 e. The highest BCUT2D eigenvalue weighted by molar-refractivity contribution is 5.80. The van der Waals surface area contributed by atoms with Gasteiger partial charge in [-0.15, -0.1) is 10.2 Å². The van der Waals surface area contributed by atoms with Gasteiger partial charge in [0, 0.05) is 13.1 Å². The van der Waals surface area contributed by atoms with Gasteiger partial charge in [-0.2, -0.15) is 0 Å². The molecule has 1 atom stereocenters. The van der Waals surface area contributed by atoms with Crippen molar-refractivity contribution in [1.82, 2.24) is 25.4 Å². The molecule has 3 rings (SSSR count). The van der Waals surface area contributed by atoms with Gasteiger partial charge in [-0.05, 0) is 37.8 Å². The summed E-state index contributed by atoms with van der Waals surface area (Å²) in [5, 5.41) is 15.3. The standard InChI is InChI=1S/C23H30N6/c1-18(14-15-20-10-6-4-7-11-20)26-23(24-16-21-12-8-5-9-13-21)25-17-22-28-27-19(2)29(22)3/h4-13,18H,14-17H2,1-3H3,(H2,24,25,26). The number of aliphatic imine (C=N–C) groups is 1. The van der Waals surface area contributed by atoms with Crippen molar-refractivity contribution in [2.24, 2.45) is 12.0 Å². The largest absolute Gasteiger partial charge is 0.354 e. The lowest BCUT2D eigenvalue weighted by atomic mass is 10.1. The van der Waals surface area contributed by atoms with E-state index in [1.807, 2.05) is 36.7 Å². The van der Waals surface area contributed by atoms with Gasteiger partial charge in [0.2, 0.25) is 0 Å². The lowest BCUT2D eigenvalue weighted by Gasteiger charge is -2.18. The molecule has 29 heavy (non-hydrogen) atoms. The van der Waals surface area contributed by atoms with E-state index < -0.39 is 0 Å². The monoisotopic (exact) mass is 390 g/mol. The second kappa shape index (κ2) is 10.4. The van der Waals surface area contributed by atoms with E-state index in [9.17, 15) is 0 Å². The average molecular weight is 391 g/mol. The van der Waals surface area contributed by atoms with Crippen LogP contribution in [0.5, 0.6) is 0 Å². The Labute approximate surface area is 173 Å². The van der Waals surface area contributed by atoms with E-state index in [-0.39, 0.29) is 0 Å². The molecule has 2 aromatic carbocycles. The molecule has 3 aromatic rings. The minimum absolute atomic E-state index is 0.290. The summed E-state index contributed by atoms with van der Waals surface area (Å²) >= 11 is 0. The second-order valence-electron chi connectivity index (χ2n) is 7.30. The maximum absolute atomic E-state index is 4.78. The molecule has 1 unspecified atom stereocenters. The third-order valence-electron chi connectivity index (χ3n) is 4.95. The number of aryl methyl sites for hydroxylation is 2. The van der Waals surface area contributed by atoms with Crippen LogP contribution >= 0.6 is 0 Å². The van der Waals surface area contributed by atoms with Crippen LogP contribution in [0.25, 0.3) is 0 Å². The van der Waals surface area contributed by atoms with E-state index in [2.05, 4.69) is 70.2 Å². The van der Waals surface area contributed by atoms with E-state index in [1.54, 1.807) is 0 Å². The number of guanidine groups is 1. The zero-order valence-electron chi connectivity index (χ0n) is 17.5. The molecule has 0 amide bonds. The van der Waals surface area contributed by atoms with Crippen molar-refractivity contribution in [1.29, 1.82) is 0 Å². The predicted octanol–water partition coefficient (Wildman–Crippen LogP) is 3.38. The van der Waals surface area contributed by atoms with E-state index in [1.165, 1.54) is 11.1 Å². The fourth-order valence-corrected chi connectivity index (χ4v) is 3.01. The van der Waals surface area contributed by atoms with Crippen molar-refractivity contribution in [2.45, 2.75) is 45.8 Å². The Morgan fingerprint density at radius 1 is 1.00 bits per heavy atom. The van der Waals surface area contributed by atoms with E-state index >= 15 is 0 Å². The van der Waals surface area contributed by atoms with Gasteiger partial charge in [0.15, 0.2) is 11.8 Å². The Balaban J connectivity index is 1.61. The van der Waals surface area contributed by atoms with Crippen LogP contribution in [0.15, 0.2) is 65.7 Å². The van der Waals surface area contributed by atoms with Crippen LogP contribution in [0.3, 0.4) is 0 Å². The molecule has 0 aliphatic rings. The Kier molecular flexibility index (Phi) is 7.39. The van der Waals surface area contributed by atoms with Crippen molar-refractivity contribution >= 4 is 5.96 Å². The fraction of sp³-hybridized carbons (Fsp3) is 0.348. The van der Waals surface area contributed by atoms with Crippen LogP contribution in [0.1, 0.15) is 36.1 Å². The maximum atomic E-state index is 4.78. The van der Waals surface area contributed by atoms with Crippen LogP contribution in [-0.4, -0.2) is 26.8 Å². The SMILES string of the molecule is Cc1nnc(CNC(=NCc2ccccc2)NC(C)CCc2ccccc2)n1C. The van der Waals surface area contributed by atoms with Crippen LogP contribution in [0.2, 0.25) is 0 Å². The highest BCUT2D eigenvalue weighted by Crippen LogP contribution is 2.06. The first-order chi connectivity index (χ1) is 14.1. The Morgan fingerprint density at radius 2 is 1.66 bits per heavy atom. The number of hydrogen-bond acceptors (Lipinski definition) is 3. The summed E-state index contributed by atoms with van der Waals surface area (Å²) in [6.07, 6.45) is 2.06. The zero-order valence-corrected chi connectivity index (χ0v) is 17.5. The molecule has 0 aliphatic carbocycles. The average Bonchev–Trinajstić information content (AvgIpc) is 3.08. The number of benzene rings is 2. The van der Waals surface area contributed by atoms with Crippen molar-refractivity contribution in [3.05, 3.63) is 83.4 Å². The summed E-state index contributed by atoms with van der Waals surface area (Å²) in [4.78, 5) is 4.78. The fourth-order valence-electron chi connectivity index (χ4n) is 3.01. The summed E-state index contributed by atoms with van der Waals surface area (Å²) in [6, 6.07) is 21.1. The molecular formula is C23H30N6. The van der Waals surface area contributed by atoms with E-state index in [0.717, 1.165) is 30.5 Å². The highest BCUT2D eigenvalue weighted by Gasteiger charge is 2.09. The topological polar surface area (TPSA) is 67.1 Å². The molecule has 0 spiro atoms. The molecular weight excluding hydrogens is 360 g/mol. The number of hydrogen-bond donors (Lipinski definition) is 2. The quantitative estimate of drug-likeness (QED) is 0.457. The zero-order chi connectivity index (χ0) is 20.5. The first-order valence-electron chi connectivity index (χ1n) is 10.1. The van der Waals surface area contributed by atoms with Gasteiger partial charge in [0.25, 0.3) is 0 Å². The van der Waals surface area contributed by atoms with Crippen molar-refractivity contribution in [3.63, 3.8) is 0 Å². The van der Waals surface area contributed by atoms with Gasteiger partial charge in [-0.1, -0.05) is 60.7 Å². The van der Waals surface area contributed by atoms with Gasteiger partial charge < -0.3 is 15.2 Å². The highest BCUT2D eigenvalue weighted by atomic mass is 15.3. The first kappa shape index (κ1) is 20.6. The number of nitrogens with zero attached hydrogens (tertiary/aromatic N) is 4. The summed E-state index contributed by atoms with van der Waals surface area (Å²) in [6.45, 7) is 5.34. The Bertz CT molecular complexity index is 902. The normalized spacial score (nSPS) is 12.6. The summed E-state index contributed by atoms with van der Waals surface area (Å²) in [5.74, 6) is 2.57. The molecule has 0 radical (unpaired) electrons. The predicted molar refractivity (Wildman–Crippen MR) is 118 cm³/mol. The molecule has 1 aromatic heterocycles.